The highest BCUT2D eigenvalue weighted by atomic mass is 35.5. The number of amides is 1. The summed E-state index contributed by atoms with van der Waals surface area (Å²) in [5.74, 6) is -1.02. The Hall–Kier alpha value is -1.82. The summed E-state index contributed by atoms with van der Waals surface area (Å²) < 4.78 is 4.74. The number of halogens is 1. The summed E-state index contributed by atoms with van der Waals surface area (Å²) in [5.41, 5.74) is 4.13. The molecule has 80 valence electrons. The molecule has 6 nitrogen and oxygen atoms in total. The van der Waals surface area contributed by atoms with E-state index in [0.717, 1.165) is 0 Å². The molecule has 0 aliphatic carbocycles. The van der Waals surface area contributed by atoms with E-state index in [4.69, 9.17) is 22.1 Å². The fourth-order valence-corrected chi connectivity index (χ4v) is 1.37. The number of rotatable bonds is 3. The molecule has 0 saturated heterocycles. The van der Waals surface area contributed by atoms with Crippen LogP contribution in [0.5, 0.6) is 5.75 Å². The third kappa shape index (κ3) is 1.99. The molecule has 0 bridgehead atoms. The Balaban J connectivity index is 3.58. The van der Waals surface area contributed by atoms with Gasteiger partial charge in [-0.15, -0.1) is 0 Å². The molecule has 7 heteroatoms. The van der Waals surface area contributed by atoms with Crippen molar-refractivity contribution in [2.45, 2.75) is 0 Å². The number of primary amides is 1. The van der Waals surface area contributed by atoms with Crippen LogP contribution in [0.15, 0.2) is 12.1 Å². The number of nitrogens with two attached hydrogens (primary N) is 1. The maximum Gasteiger partial charge on any atom is 0.325 e. The number of nitro groups is 1. The summed E-state index contributed by atoms with van der Waals surface area (Å²) in [4.78, 5) is 21.0. The van der Waals surface area contributed by atoms with Crippen LogP contribution in [-0.4, -0.2) is 17.9 Å². The molecule has 0 atom stereocenters. The Kier molecular flexibility index (Phi) is 3.11. The zero-order chi connectivity index (χ0) is 11.6. The molecule has 0 fully saturated rings. The normalized spacial score (nSPS) is 9.73. The van der Waals surface area contributed by atoms with Crippen molar-refractivity contribution in [3.05, 3.63) is 32.8 Å². The molecule has 1 amide bonds. The molecule has 15 heavy (non-hydrogen) atoms. The van der Waals surface area contributed by atoms with E-state index in [2.05, 4.69) is 0 Å². The van der Waals surface area contributed by atoms with Crippen molar-refractivity contribution in [2.75, 3.05) is 7.11 Å². The van der Waals surface area contributed by atoms with Gasteiger partial charge in [0.25, 0.3) is 5.91 Å². The van der Waals surface area contributed by atoms with Crippen LogP contribution in [0, 0.1) is 10.1 Å². The van der Waals surface area contributed by atoms with Crippen LogP contribution in [0.4, 0.5) is 5.69 Å². The van der Waals surface area contributed by atoms with E-state index < -0.39 is 16.5 Å². The standard InChI is InChI=1S/C8H7ClN2O4/c1-15-5-3-2-4(9)6(8(10)12)7(5)11(13)14/h2-3H,1H3,(H2,10,12). The minimum Gasteiger partial charge on any atom is -0.490 e. The molecule has 1 rings (SSSR count). The minimum atomic E-state index is -0.967. The molecule has 0 radical (unpaired) electrons. The molecule has 1 aromatic rings. The van der Waals surface area contributed by atoms with Gasteiger partial charge < -0.3 is 10.5 Å². The van der Waals surface area contributed by atoms with Crippen LogP contribution in [0.2, 0.25) is 5.02 Å². The van der Waals surface area contributed by atoms with Crippen LogP contribution in [0.3, 0.4) is 0 Å². The number of nitrogens with zero attached hydrogens (tertiary/aromatic N) is 1. The fourth-order valence-electron chi connectivity index (χ4n) is 1.13. The predicted octanol–water partition coefficient (Wildman–Crippen LogP) is 1.36. The Bertz CT molecular complexity index is 433. The minimum absolute atomic E-state index is 0.0572. The van der Waals surface area contributed by atoms with Crippen molar-refractivity contribution < 1.29 is 14.5 Å². The summed E-state index contributed by atoms with van der Waals surface area (Å²) in [6, 6.07) is 2.61. The summed E-state index contributed by atoms with van der Waals surface area (Å²) >= 11 is 5.64. The second-order valence-electron chi connectivity index (χ2n) is 2.59. The lowest BCUT2D eigenvalue weighted by atomic mass is 10.1. The summed E-state index contributed by atoms with van der Waals surface area (Å²) in [7, 11) is 1.25. The Labute approximate surface area is 89.7 Å². The van der Waals surface area contributed by atoms with Gasteiger partial charge in [-0.2, -0.15) is 0 Å². The smallest absolute Gasteiger partial charge is 0.325 e. The number of hydrogen-bond donors (Lipinski definition) is 1. The Morgan fingerprint density at radius 1 is 1.60 bits per heavy atom. The van der Waals surface area contributed by atoms with E-state index >= 15 is 0 Å². The van der Waals surface area contributed by atoms with Gasteiger partial charge in [0.2, 0.25) is 0 Å². The fraction of sp³-hybridized carbons (Fsp3) is 0.125. The van der Waals surface area contributed by atoms with Gasteiger partial charge in [0, 0.05) is 0 Å². The van der Waals surface area contributed by atoms with Crippen molar-refractivity contribution in [2.24, 2.45) is 5.73 Å². The van der Waals surface area contributed by atoms with Gasteiger partial charge in [-0.25, -0.2) is 0 Å². The molecular formula is C8H7ClN2O4. The van der Waals surface area contributed by atoms with Gasteiger partial charge in [-0.05, 0) is 12.1 Å². The van der Waals surface area contributed by atoms with Gasteiger partial charge in [0.1, 0.15) is 5.56 Å². The van der Waals surface area contributed by atoms with Crippen molar-refractivity contribution in [3.8, 4) is 5.75 Å². The van der Waals surface area contributed by atoms with E-state index in [1.54, 1.807) is 0 Å². The van der Waals surface area contributed by atoms with Crippen LogP contribution in [0.1, 0.15) is 10.4 Å². The van der Waals surface area contributed by atoms with E-state index in [-0.39, 0.29) is 16.3 Å². The first kappa shape index (κ1) is 11.3. The Morgan fingerprint density at radius 2 is 2.20 bits per heavy atom. The van der Waals surface area contributed by atoms with Crippen LogP contribution in [-0.2, 0) is 0 Å². The lowest BCUT2D eigenvalue weighted by Crippen LogP contribution is -2.14. The van der Waals surface area contributed by atoms with Crippen molar-refractivity contribution in [1.29, 1.82) is 0 Å². The molecule has 2 N–H and O–H groups in total. The van der Waals surface area contributed by atoms with Crippen molar-refractivity contribution in [3.63, 3.8) is 0 Å². The van der Waals surface area contributed by atoms with Crippen LogP contribution < -0.4 is 10.5 Å². The second kappa shape index (κ2) is 4.14. The monoisotopic (exact) mass is 230 g/mol. The summed E-state index contributed by atoms with van der Waals surface area (Å²) in [6.07, 6.45) is 0. The highest BCUT2D eigenvalue weighted by Gasteiger charge is 2.26. The van der Waals surface area contributed by atoms with E-state index in [1.165, 1.54) is 19.2 Å². The molecule has 0 spiro atoms. The van der Waals surface area contributed by atoms with Gasteiger partial charge in [-0.3, -0.25) is 14.9 Å². The summed E-state index contributed by atoms with van der Waals surface area (Å²) in [6.45, 7) is 0. The molecule has 0 heterocycles. The highest BCUT2D eigenvalue weighted by molar-refractivity contribution is 6.34. The average molecular weight is 231 g/mol. The van der Waals surface area contributed by atoms with Crippen LogP contribution in [0.25, 0.3) is 0 Å². The highest BCUT2D eigenvalue weighted by Crippen LogP contribution is 2.34. The van der Waals surface area contributed by atoms with E-state index in [1.807, 2.05) is 0 Å². The number of nitro benzene ring substituents is 1. The number of carbonyl (C=O) groups excluding carboxylic acids is 1. The van der Waals surface area contributed by atoms with Crippen molar-refractivity contribution >= 4 is 23.2 Å². The maximum absolute atomic E-state index is 11.0. The quantitative estimate of drug-likeness (QED) is 0.626. The molecule has 0 aliphatic heterocycles. The SMILES string of the molecule is COc1ccc(Cl)c(C(N)=O)c1[N+](=O)[O-]. The third-order valence-electron chi connectivity index (χ3n) is 1.74. The maximum atomic E-state index is 11.0. The number of hydrogen-bond acceptors (Lipinski definition) is 4. The topological polar surface area (TPSA) is 95.5 Å². The van der Waals surface area contributed by atoms with Gasteiger partial charge in [0.05, 0.1) is 17.1 Å². The molecule has 0 unspecified atom stereocenters. The average Bonchev–Trinajstić information content (AvgIpc) is 2.16. The van der Waals surface area contributed by atoms with E-state index in [9.17, 15) is 14.9 Å². The van der Waals surface area contributed by atoms with Gasteiger partial charge in [-0.1, -0.05) is 11.6 Å². The molecular weight excluding hydrogens is 224 g/mol. The summed E-state index contributed by atoms with van der Waals surface area (Å²) in [5, 5.41) is 10.6. The number of methoxy groups -OCH3 is 1. The largest absolute Gasteiger partial charge is 0.490 e. The first-order chi connectivity index (χ1) is 6.99. The number of benzene rings is 1. The zero-order valence-electron chi connectivity index (χ0n) is 7.69. The zero-order valence-corrected chi connectivity index (χ0v) is 8.45. The lowest BCUT2D eigenvalue weighted by molar-refractivity contribution is -0.386. The van der Waals surface area contributed by atoms with Crippen molar-refractivity contribution in [1.82, 2.24) is 0 Å². The lowest BCUT2D eigenvalue weighted by Gasteiger charge is -2.05. The first-order valence-electron chi connectivity index (χ1n) is 3.79. The predicted molar refractivity (Wildman–Crippen MR) is 53.2 cm³/mol. The first-order valence-corrected chi connectivity index (χ1v) is 4.17. The molecule has 0 aliphatic rings. The van der Waals surface area contributed by atoms with Crippen LogP contribution >= 0.6 is 11.6 Å². The van der Waals surface area contributed by atoms with Gasteiger partial charge in [0.15, 0.2) is 5.75 Å². The molecule has 0 aromatic heterocycles. The second-order valence-corrected chi connectivity index (χ2v) is 3.00. The number of carbonyl (C=O) groups is 1. The van der Waals surface area contributed by atoms with E-state index in [0.29, 0.717) is 0 Å². The van der Waals surface area contributed by atoms with Gasteiger partial charge >= 0.3 is 5.69 Å². The number of ether oxygens (including phenoxy) is 1. The third-order valence-corrected chi connectivity index (χ3v) is 2.05. The Morgan fingerprint density at radius 3 is 2.60 bits per heavy atom. The molecule has 0 saturated carbocycles. The molecule has 1 aromatic carbocycles.